The average Bonchev–Trinajstić information content (AvgIpc) is 2.51. The van der Waals surface area contributed by atoms with Crippen molar-refractivity contribution >= 4 is 33.1 Å². The van der Waals surface area contributed by atoms with Crippen LogP contribution in [0.4, 0.5) is 5.82 Å². The molecule has 66 valence electrons. The maximum absolute atomic E-state index is 5.59. The third kappa shape index (κ3) is 1.73. The monoisotopic (exact) mass is 254 g/mol. The van der Waals surface area contributed by atoms with Gasteiger partial charge in [0.15, 0.2) is 0 Å². The number of anilines is 1. The molecule has 0 saturated carbocycles. The van der Waals surface area contributed by atoms with Gasteiger partial charge >= 0.3 is 0 Å². The summed E-state index contributed by atoms with van der Waals surface area (Å²) >= 11 is 5.10. The van der Waals surface area contributed by atoms with E-state index < -0.39 is 0 Å². The summed E-state index contributed by atoms with van der Waals surface area (Å²) in [5.41, 5.74) is 7.60. The SMILES string of the molecule is Nc1cccc(-c2cscc2Br)n1. The van der Waals surface area contributed by atoms with E-state index in [4.69, 9.17) is 5.73 Å². The Kier molecular flexibility index (Phi) is 2.33. The molecule has 2 heterocycles. The first-order valence-electron chi connectivity index (χ1n) is 3.72. The standard InChI is InChI=1S/C9H7BrN2S/c10-7-5-13-4-6(7)8-2-1-3-9(11)12-8/h1-5H,(H2,11,12). The van der Waals surface area contributed by atoms with Gasteiger partial charge in [-0.3, -0.25) is 0 Å². The number of hydrogen-bond donors (Lipinski definition) is 1. The van der Waals surface area contributed by atoms with Gasteiger partial charge in [-0.2, -0.15) is 11.3 Å². The highest BCUT2D eigenvalue weighted by Gasteiger charge is 2.04. The molecule has 0 fully saturated rings. The zero-order valence-electron chi connectivity index (χ0n) is 6.70. The minimum Gasteiger partial charge on any atom is -0.384 e. The summed E-state index contributed by atoms with van der Waals surface area (Å²) in [5.74, 6) is 0.551. The van der Waals surface area contributed by atoms with Crippen molar-refractivity contribution in [3.8, 4) is 11.3 Å². The van der Waals surface area contributed by atoms with Gasteiger partial charge in [0.2, 0.25) is 0 Å². The highest BCUT2D eigenvalue weighted by atomic mass is 79.9. The van der Waals surface area contributed by atoms with Gasteiger partial charge in [-0.15, -0.1) is 0 Å². The van der Waals surface area contributed by atoms with Gasteiger partial charge in [0.1, 0.15) is 5.82 Å². The first-order valence-corrected chi connectivity index (χ1v) is 5.45. The molecule has 0 saturated heterocycles. The molecule has 0 aromatic carbocycles. The maximum atomic E-state index is 5.59. The van der Waals surface area contributed by atoms with Crippen LogP contribution >= 0.6 is 27.3 Å². The number of nitrogens with zero attached hydrogens (tertiary/aromatic N) is 1. The average molecular weight is 255 g/mol. The fourth-order valence-electron chi connectivity index (χ4n) is 1.07. The van der Waals surface area contributed by atoms with Crippen LogP contribution in [0.1, 0.15) is 0 Å². The number of thiophene rings is 1. The molecule has 13 heavy (non-hydrogen) atoms. The van der Waals surface area contributed by atoms with Crippen molar-refractivity contribution in [3.05, 3.63) is 33.4 Å². The van der Waals surface area contributed by atoms with E-state index in [9.17, 15) is 0 Å². The molecule has 0 aliphatic carbocycles. The highest BCUT2D eigenvalue weighted by molar-refractivity contribution is 9.10. The Morgan fingerprint density at radius 2 is 2.15 bits per heavy atom. The second-order valence-electron chi connectivity index (χ2n) is 2.58. The minimum atomic E-state index is 0.551. The molecule has 0 aliphatic heterocycles. The van der Waals surface area contributed by atoms with Crippen LogP contribution in [0.3, 0.4) is 0 Å². The van der Waals surface area contributed by atoms with E-state index in [0.29, 0.717) is 5.82 Å². The van der Waals surface area contributed by atoms with Gasteiger partial charge < -0.3 is 5.73 Å². The highest BCUT2D eigenvalue weighted by Crippen LogP contribution is 2.30. The van der Waals surface area contributed by atoms with Crippen LogP contribution in [0.2, 0.25) is 0 Å². The van der Waals surface area contributed by atoms with E-state index in [1.165, 1.54) is 0 Å². The van der Waals surface area contributed by atoms with Crippen molar-refractivity contribution < 1.29 is 0 Å². The molecule has 0 unspecified atom stereocenters. The molecule has 2 aromatic rings. The van der Waals surface area contributed by atoms with Gasteiger partial charge in [-0.25, -0.2) is 4.98 Å². The van der Waals surface area contributed by atoms with Crippen molar-refractivity contribution in [1.82, 2.24) is 4.98 Å². The van der Waals surface area contributed by atoms with Crippen LogP contribution in [-0.4, -0.2) is 4.98 Å². The first-order chi connectivity index (χ1) is 6.27. The number of nitrogen functional groups attached to an aromatic ring is 1. The van der Waals surface area contributed by atoms with Crippen LogP contribution in [0, 0.1) is 0 Å². The smallest absolute Gasteiger partial charge is 0.124 e. The normalized spacial score (nSPS) is 10.2. The summed E-state index contributed by atoms with van der Waals surface area (Å²) in [5, 5.41) is 4.08. The van der Waals surface area contributed by atoms with Crippen molar-refractivity contribution in [2.45, 2.75) is 0 Å². The van der Waals surface area contributed by atoms with Crippen molar-refractivity contribution in [3.63, 3.8) is 0 Å². The summed E-state index contributed by atoms with van der Waals surface area (Å²) in [7, 11) is 0. The number of aromatic nitrogens is 1. The predicted molar refractivity (Wildman–Crippen MR) is 59.7 cm³/mol. The van der Waals surface area contributed by atoms with Crippen LogP contribution in [-0.2, 0) is 0 Å². The Morgan fingerprint density at radius 1 is 1.31 bits per heavy atom. The number of pyridine rings is 1. The molecule has 4 heteroatoms. The molecule has 0 spiro atoms. The third-order valence-corrected chi connectivity index (χ3v) is 3.36. The van der Waals surface area contributed by atoms with Crippen LogP contribution in [0.5, 0.6) is 0 Å². The second kappa shape index (κ2) is 3.47. The Morgan fingerprint density at radius 3 is 2.77 bits per heavy atom. The molecule has 2 aromatic heterocycles. The Labute approximate surface area is 88.6 Å². The second-order valence-corrected chi connectivity index (χ2v) is 4.18. The largest absolute Gasteiger partial charge is 0.384 e. The maximum Gasteiger partial charge on any atom is 0.124 e. The lowest BCUT2D eigenvalue weighted by atomic mass is 10.2. The van der Waals surface area contributed by atoms with Gasteiger partial charge in [-0.1, -0.05) is 6.07 Å². The molecule has 0 aliphatic rings. The van der Waals surface area contributed by atoms with Crippen molar-refractivity contribution in [2.75, 3.05) is 5.73 Å². The lowest BCUT2D eigenvalue weighted by molar-refractivity contribution is 1.34. The summed E-state index contributed by atoms with van der Waals surface area (Å²) in [6.45, 7) is 0. The van der Waals surface area contributed by atoms with Gasteiger partial charge in [0.05, 0.1) is 5.69 Å². The molecule has 2 nitrogen and oxygen atoms in total. The van der Waals surface area contributed by atoms with Crippen LogP contribution < -0.4 is 5.73 Å². The summed E-state index contributed by atoms with van der Waals surface area (Å²) in [4.78, 5) is 4.23. The van der Waals surface area contributed by atoms with Crippen LogP contribution in [0.25, 0.3) is 11.3 Å². The Balaban J connectivity index is 2.53. The van der Waals surface area contributed by atoms with Crippen LogP contribution in [0.15, 0.2) is 33.4 Å². The molecule has 0 amide bonds. The molecule has 2 rings (SSSR count). The Hall–Kier alpha value is -0.870. The van der Waals surface area contributed by atoms with E-state index in [-0.39, 0.29) is 0 Å². The van der Waals surface area contributed by atoms with Gasteiger partial charge in [0, 0.05) is 20.8 Å². The molecular formula is C9H7BrN2S. The number of rotatable bonds is 1. The zero-order chi connectivity index (χ0) is 9.26. The molecule has 0 radical (unpaired) electrons. The van der Waals surface area contributed by atoms with E-state index in [0.717, 1.165) is 15.7 Å². The van der Waals surface area contributed by atoms with E-state index >= 15 is 0 Å². The summed E-state index contributed by atoms with van der Waals surface area (Å²) in [6, 6.07) is 5.63. The molecule has 0 bridgehead atoms. The summed E-state index contributed by atoms with van der Waals surface area (Å²) in [6.07, 6.45) is 0. The van der Waals surface area contributed by atoms with Crippen molar-refractivity contribution in [2.24, 2.45) is 0 Å². The first kappa shape index (κ1) is 8.72. The van der Waals surface area contributed by atoms with E-state index in [1.54, 1.807) is 17.4 Å². The molecule has 2 N–H and O–H groups in total. The quantitative estimate of drug-likeness (QED) is 0.850. The lowest BCUT2D eigenvalue weighted by Crippen LogP contribution is -1.90. The minimum absolute atomic E-state index is 0.551. The molecule has 0 atom stereocenters. The Bertz CT molecular complexity index is 425. The van der Waals surface area contributed by atoms with E-state index in [2.05, 4.69) is 20.9 Å². The number of hydrogen-bond acceptors (Lipinski definition) is 3. The zero-order valence-corrected chi connectivity index (χ0v) is 9.10. The third-order valence-electron chi connectivity index (χ3n) is 1.66. The molecular weight excluding hydrogens is 248 g/mol. The van der Waals surface area contributed by atoms with Gasteiger partial charge in [0.25, 0.3) is 0 Å². The van der Waals surface area contributed by atoms with Crippen molar-refractivity contribution in [1.29, 1.82) is 0 Å². The number of nitrogens with two attached hydrogens (primary N) is 1. The predicted octanol–water partition coefficient (Wildman–Crippen LogP) is 3.15. The fourth-order valence-corrected chi connectivity index (χ4v) is 2.56. The fraction of sp³-hybridized carbons (Fsp3) is 0. The summed E-state index contributed by atoms with van der Waals surface area (Å²) < 4.78 is 1.07. The van der Waals surface area contributed by atoms with E-state index in [1.807, 2.05) is 22.9 Å². The topological polar surface area (TPSA) is 38.9 Å². The number of halogens is 1. The van der Waals surface area contributed by atoms with Gasteiger partial charge in [-0.05, 0) is 28.1 Å². The lowest BCUT2D eigenvalue weighted by Gasteiger charge is -1.98.